The second kappa shape index (κ2) is 6.82. The van der Waals surface area contributed by atoms with Crippen molar-refractivity contribution in [2.45, 2.75) is 33.1 Å². The normalized spacial score (nSPS) is 10.3. The number of hydrogen-bond donors (Lipinski definition) is 1. The molecule has 0 aliphatic carbocycles. The lowest BCUT2D eigenvalue weighted by Gasteiger charge is -2.09. The van der Waals surface area contributed by atoms with Gasteiger partial charge in [-0.25, -0.2) is 0 Å². The van der Waals surface area contributed by atoms with Crippen molar-refractivity contribution in [2.75, 3.05) is 6.61 Å². The van der Waals surface area contributed by atoms with E-state index in [1.165, 1.54) is 0 Å². The number of aryl methyl sites for hydroxylation is 2. The fourth-order valence-electron chi connectivity index (χ4n) is 1.58. The second-order valence-electron chi connectivity index (χ2n) is 4.14. The van der Waals surface area contributed by atoms with Crippen LogP contribution in [0, 0.1) is 13.8 Å². The highest BCUT2D eigenvalue weighted by atomic mass is 35.5. The maximum absolute atomic E-state index is 6.08. The molecule has 0 aromatic heterocycles. The molecule has 0 aliphatic heterocycles. The molecule has 4 heteroatoms. The third-order valence-electron chi connectivity index (χ3n) is 2.50. The van der Waals surface area contributed by atoms with Gasteiger partial charge in [-0.15, -0.1) is 0 Å². The summed E-state index contributed by atoms with van der Waals surface area (Å²) in [6.07, 6.45) is 2.72. The zero-order valence-electron chi connectivity index (χ0n) is 10.3. The van der Waals surface area contributed by atoms with Crippen LogP contribution in [0.2, 0.25) is 5.02 Å². The molecule has 0 atom stereocenters. The first-order chi connectivity index (χ1) is 8.00. The van der Waals surface area contributed by atoms with Gasteiger partial charge >= 0.3 is 0 Å². The third kappa shape index (κ3) is 4.92. The first-order valence-electron chi connectivity index (χ1n) is 5.68. The summed E-state index contributed by atoms with van der Waals surface area (Å²) >= 11 is 10.9. The Kier molecular flexibility index (Phi) is 5.72. The highest BCUT2D eigenvalue weighted by Gasteiger charge is 2.03. The van der Waals surface area contributed by atoms with Crippen LogP contribution in [-0.2, 0) is 0 Å². The number of thiocarbonyl (C=S) groups is 1. The van der Waals surface area contributed by atoms with Crippen molar-refractivity contribution >= 4 is 28.8 Å². The van der Waals surface area contributed by atoms with Crippen molar-refractivity contribution in [3.8, 4) is 5.75 Å². The molecule has 2 nitrogen and oxygen atoms in total. The number of hydrogen-bond acceptors (Lipinski definition) is 2. The number of ether oxygens (including phenoxy) is 1. The predicted molar refractivity (Wildman–Crippen MR) is 77.1 cm³/mol. The Bertz CT molecular complexity index is 383. The first kappa shape index (κ1) is 14.3. The summed E-state index contributed by atoms with van der Waals surface area (Å²) in [6, 6.07) is 3.92. The van der Waals surface area contributed by atoms with Crippen LogP contribution in [0.5, 0.6) is 5.75 Å². The molecule has 0 saturated heterocycles. The molecule has 0 heterocycles. The molecule has 0 unspecified atom stereocenters. The molecule has 2 N–H and O–H groups in total. The van der Waals surface area contributed by atoms with Crippen LogP contribution in [0.1, 0.15) is 30.4 Å². The van der Waals surface area contributed by atoms with Gasteiger partial charge in [0.15, 0.2) is 0 Å². The maximum Gasteiger partial charge on any atom is 0.119 e. The Morgan fingerprint density at radius 2 is 1.88 bits per heavy atom. The first-order valence-corrected chi connectivity index (χ1v) is 6.47. The summed E-state index contributed by atoms with van der Waals surface area (Å²) in [6.45, 7) is 4.65. The molecule has 0 saturated carbocycles. The average Bonchev–Trinajstić information content (AvgIpc) is 2.25. The van der Waals surface area contributed by atoms with Crippen molar-refractivity contribution in [1.29, 1.82) is 0 Å². The summed E-state index contributed by atoms with van der Waals surface area (Å²) < 4.78 is 5.66. The molecule has 1 aromatic rings. The molecule has 17 heavy (non-hydrogen) atoms. The number of benzene rings is 1. The van der Waals surface area contributed by atoms with Crippen LogP contribution in [0.25, 0.3) is 0 Å². The molecule has 0 fully saturated rings. The van der Waals surface area contributed by atoms with E-state index in [0.717, 1.165) is 41.2 Å². The van der Waals surface area contributed by atoms with Gasteiger partial charge in [-0.05, 0) is 56.4 Å². The molecule has 1 rings (SSSR count). The molecular formula is C13H18ClNOS. The quantitative estimate of drug-likeness (QED) is 0.632. The van der Waals surface area contributed by atoms with Crippen molar-refractivity contribution in [3.63, 3.8) is 0 Å². The van der Waals surface area contributed by atoms with Crippen LogP contribution < -0.4 is 10.5 Å². The van der Waals surface area contributed by atoms with Crippen LogP contribution in [0.3, 0.4) is 0 Å². The molecule has 1 aromatic carbocycles. The zero-order valence-corrected chi connectivity index (χ0v) is 11.8. The predicted octanol–water partition coefficient (Wildman–Crippen LogP) is 3.79. The van der Waals surface area contributed by atoms with E-state index >= 15 is 0 Å². The fraction of sp³-hybridized carbons (Fsp3) is 0.462. The van der Waals surface area contributed by atoms with E-state index in [9.17, 15) is 0 Å². The summed E-state index contributed by atoms with van der Waals surface area (Å²) in [5, 5.41) is 0.811. The summed E-state index contributed by atoms with van der Waals surface area (Å²) in [5.74, 6) is 0.875. The van der Waals surface area contributed by atoms with Crippen LogP contribution in [-0.4, -0.2) is 11.6 Å². The van der Waals surface area contributed by atoms with E-state index in [1.807, 2.05) is 26.0 Å². The Morgan fingerprint density at radius 3 is 2.41 bits per heavy atom. The minimum Gasteiger partial charge on any atom is -0.494 e. The van der Waals surface area contributed by atoms with Crippen molar-refractivity contribution in [2.24, 2.45) is 5.73 Å². The van der Waals surface area contributed by atoms with E-state index < -0.39 is 0 Å². The van der Waals surface area contributed by atoms with Gasteiger partial charge in [-0.2, -0.15) is 0 Å². The van der Waals surface area contributed by atoms with Crippen LogP contribution in [0.4, 0.5) is 0 Å². The van der Waals surface area contributed by atoms with Crippen molar-refractivity contribution in [1.82, 2.24) is 0 Å². The largest absolute Gasteiger partial charge is 0.494 e. The van der Waals surface area contributed by atoms with Gasteiger partial charge in [0.2, 0.25) is 0 Å². The highest BCUT2D eigenvalue weighted by molar-refractivity contribution is 7.80. The lowest BCUT2D eigenvalue weighted by Crippen LogP contribution is -2.08. The van der Waals surface area contributed by atoms with Crippen molar-refractivity contribution < 1.29 is 4.74 Å². The molecule has 94 valence electrons. The topological polar surface area (TPSA) is 35.2 Å². The number of halogens is 1. The van der Waals surface area contributed by atoms with E-state index in [4.69, 9.17) is 34.3 Å². The van der Waals surface area contributed by atoms with Gasteiger partial charge in [0, 0.05) is 5.02 Å². The second-order valence-corrected chi connectivity index (χ2v) is 5.05. The monoisotopic (exact) mass is 271 g/mol. The summed E-state index contributed by atoms with van der Waals surface area (Å²) in [4.78, 5) is 0.572. The molecule has 0 spiro atoms. The van der Waals surface area contributed by atoms with Gasteiger partial charge in [-0.1, -0.05) is 23.8 Å². The van der Waals surface area contributed by atoms with E-state index in [2.05, 4.69) is 0 Å². The standard InChI is InChI=1S/C13H18ClNOS/c1-9-7-11(8-10(2)13(9)14)16-6-4-3-5-12(15)17/h7-8H,3-6H2,1-2H3,(H2,15,17). The van der Waals surface area contributed by atoms with E-state index in [-0.39, 0.29) is 0 Å². The lowest BCUT2D eigenvalue weighted by molar-refractivity contribution is 0.307. The summed E-state index contributed by atoms with van der Waals surface area (Å²) in [7, 11) is 0. The Labute approximate surface area is 113 Å². The van der Waals surface area contributed by atoms with Gasteiger partial charge in [0.05, 0.1) is 11.6 Å². The number of rotatable bonds is 6. The van der Waals surface area contributed by atoms with Gasteiger partial charge in [0.1, 0.15) is 5.75 Å². The van der Waals surface area contributed by atoms with Crippen LogP contribution >= 0.6 is 23.8 Å². The van der Waals surface area contributed by atoms with Crippen molar-refractivity contribution in [3.05, 3.63) is 28.3 Å². The molecule has 0 amide bonds. The van der Waals surface area contributed by atoms with Gasteiger partial charge in [0.25, 0.3) is 0 Å². The minimum atomic E-state index is 0.572. The fourth-order valence-corrected chi connectivity index (χ4v) is 1.83. The van der Waals surface area contributed by atoms with E-state index in [0.29, 0.717) is 11.6 Å². The Hall–Kier alpha value is -0.800. The highest BCUT2D eigenvalue weighted by Crippen LogP contribution is 2.25. The number of nitrogens with two attached hydrogens (primary N) is 1. The molecule has 0 aliphatic rings. The van der Waals surface area contributed by atoms with E-state index in [1.54, 1.807) is 0 Å². The minimum absolute atomic E-state index is 0.572. The number of unbranched alkanes of at least 4 members (excludes halogenated alkanes) is 1. The Balaban J connectivity index is 2.39. The molecular weight excluding hydrogens is 254 g/mol. The zero-order chi connectivity index (χ0) is 12.8. The summed E-state index contributed by atoms with van der Waals surface area (Å²) in [5.41, 5.74) is 7.51. The maximum atomic E-state index is 6.08. The average molecular weight is 272 g/mol. The van der Waals surface area contributed by atoms with Gasteiger partial charge in [-0.3, -0.25) is 0 Å². The smallest absolute Gasteiger partial charge is 0.119 e. The Morgan fingerprint density at radius 1 is 1.29 bits per heavy atom. The molecule has 0 radical (unpaired) electrons. The lowest BCUT2D eigenvalue weighted by atomic mass is 10.1. The SMILES string of the molecule is Cc1cc(OCCCCC(N)=S)cc(C)c1Cl. The van der Waals surface area contributed by atoms with Crippen LogP contribution in [0.15, 0.2) is 12.1 Å². The van der Waals surface area contributed by atoms with Gasteiger partial charge < -0.3 is 10.5 Å². The third-order valence-corrected chi connectivity index (χ3v) is 3.30. The molecule has 0 bridgehead atoms.